The first kappa shape index (κ1) is 16.0. The number of rotatable bonds is 4. The Morgan fingerprint density at radius 2 is 2.04 bits per heavy atom. The van der Waals surface area contributed by atoms with Gasteiger partial charge in [-0.2, -0.15) is 0 Å². The van der Waals surface area contributed by atoms with E-state index in [9.17, 15) is 12.8 Å². The van der Waals surface area contributed by atoms with E-state index in [1.165, 1.54) is 12.1 Å². The number of hydrogen-bond donors (Lipinski definition) is 1. The fraction of sp³-hybridized carbons (Fsp3) is 0.294. The Balaban J connectivity index is 1.70. The molecule has 2 aromatic carbocycles. The topological polar surface area (TPSA) is 55.4 Å². The zero-order valence-electron chi connectivity index (χ0n) is 12.8. The van der Waals surface area contributed by atoms with E-state index in [0.29, 0.717) is 12.2 Å². The molecule has 1 aliphatic rings. The van der Waals surface area contributed by atoms with Gasteiger partial charge in [0.1, 0.15) is 11.6 Å². The number of aryl methyl sites for hydroxylation is 1. The summed E-state index contributed by atoms with van der Waals surface area (Å²) in [5.41, 5.74) is 1.59. The molecule has 1 unspecified atom stereocenters. The lowest BCUT2D eigenvalue weighted by molar-refractivity contribution is 0.223. The van der Waals surface area contributed by atoms with E-state index in [1.54, 1.807) is 6.92 Å². The summed E-state index contributed by atoms with van der Waals surface area (Å²) in [5.74, 6) is 0.340. The number of halogens is 1. The minimum absolute atomic E-state index is 0.0189. The van der Waals surface area contributed by atoms with Gasteiger partial charge in [-0.1, -0.05) is 24.3 Å². The molecule has 122 valence electrons. The van der Waals surface area contributed by atoms with Crippen molar-refractivity contribution in [3.63, 3.8) is 0 Å². The predicted molar refractivity (Wildman–Crippen MR) is 85.5 cm³/mol. The van der Waals surface area contributed by atoms with Gasteiger partial charge in [0, 0.05) is 12.5 Å². The lowest BCUT2D eigenvalue weighted by Gasteiger charge is -2.25. The van der Waals surface area contributed by atoms with Crippen LogP contribution in [0.1, 0.15) is 11.1 Å². The molecule has 0 aliphatic carbocycles. The molecule has 1 N–H and O–H groups in total. The first-order chi connectivity index (χ1) is 11.0. The predicted octanol–water partition coefficient (Wildman–Crippen LogP) is 2.66. The van der Waals surface area contributed by atoms with Crippen LogP contribution in [-0.4, -0.2) is 21.6 Å². The zero-order chi connectivity index (χ0) is 16.4. The largest absolute Gasteiger partial charge is 0.493 e. The van der Waals surface area contributed by atoms with Crippen molar-refractivity contribution in [3.8, 4) is 5.75 Å². The number of hydrogen-bond acceptors (Lipinski definition) is 3. The molecular formula is C17H18FNO3S. The van der Waals surface area contributed by atoms with Gasteiger partial charge in [-0.3, -0.25) is 0 Å². The van der Waals surface area contributed by atoms with Gasteiger partial charge in [-0.25, -0.2) is 17.5 Å². The van der Waals surface area contributed by atoms with E-state index in [-0.39, 0.29) is 17.4 Å². The smallest absolute Gasteiger partial charge is 0.240 e. The van der Waals surface area contributed by atoms with Crippen LogP contribution in [-0.2, 0) is 16.4 Å². The molecule has 0 spiro atoms. The zero-order valence-corrected chi connectivity index (χ0v) is 13.6. The minimum atomic E-state index is -3.74. The lowest BCUT2D eigenvalue weighted by Crippen LogP contribution is -2.35. The Hall–Kier alpha value is -1.92. The van der Waals surface area contributed by atoms with Gasteiger partial charge < -0.3 is 4.74 Å². The summed E-state index contributed by atoms with van der Waals surface area (Å²) in [6.45, 7) is 2.36. The fourth-order valence-electron chi connectivity index (χ4n) is 2.69. The van der Waals surface area contributed by atoms with Crippen LogP contribution in [0.4, 0.5) is 4.39 Å². The van der Waals surface area contributed by atoms with Crippen molar-refractivity contribution in [2.75, 3.05) is 13.2 Å². The van der Waals surface area contributed by atoms with Gasteiger partial charge in [-0.05, 0) is 42.7 Å². The quantitative estimate of drug-likeness (QED) is 0.934. The Morgan fingerprint density at radius 1 is 1.26 bits per heavy atom. The first-order valence-corrected chi connectivity index (χ1v) is 8.90. The number of benzene rings is 2. The van der Waals surface area contributed by atoms with Gasteiger partial charge in [0.25, 0.3) is 0 Å². The second-order valence-electron chi connectivity index (χ2n) is 5.75. The highest BCUT2D eigenvalue weighted by atomic mass is 32.2. The molecule has 1 atom stereocenters. The number of nitrogens with one attached hydrogen (secondary N) is 1. The molecule has 1 heterocycles. The summed E-state index contributed by atoms with van der Waals surface area (Å²) in [6.07, 6.45) is 0.751. The molecule has 0 saturated heterocycles. The van der Waals surface area contributed by atoms with E-state index in [1.807, 2.05) is 24.3 Å². The third kappa shape index (κ3) is 3.54. The van der Waals surface area contributed by atoms with E-state index in [0.717, 1.165) is 23.8 Å². The Bertz CT molecular complexity index is 820. The van der Waals surface area contributed by atoms with Gasteiger partial charge in [0.2, 0.25) is 10.0 Å². The Labute approximate surface area is 135 Å². The molecule has 3 rings (SSSR count). The second kappa shape index (κ2) is 6.29. The summed E-state index contributed by atoms with van der Waals surface area (Å²) in [5, 5.41) is 0. The molecule has 0 fully saturated rings. The molecule has 0 saturated carbocycles. The fourth-order valence-corrected chi connectivity index (χ4v) is 4.06. The maximum atomic E-state index is 13.3. The van der Waals surface area contributed by atoms with Crippen LogP contribution in [0, 0.1) is 18.7 Å². The number of para-hydroxylation sites is 1. The van der Waals surface area contributed by atoms with Gasteiger partial charge >= 0.3 is 0 Å². The van der Waals surface area contributed by atoms with Crippen LogP contribution < -0.4 is 9.46 Å². The number of sulfonamides is 1. The molecule has 0 amide bonds. The van der Waals surface area contributed by atoms with Gasteiger partial charge in [0.05, 0.1) is 11.5 Å². The van der Waals surface area contributed by atoms with Gasteiger partial charge in [0.15, 0.2) is 0 Å². The van der Waals surface area contributed by atoms with Crippen molar-refractivity contribution in [1.29, 1.82) is 0 Å². The van der Waals surface area contributed by atoms with E-state index < -0.39 is 15.8 Å². The molecule has 0 aromatic heterocycles. The first-order valence-electron chi connectivity index (χ1n) is 7.42. The summed E-state index contributed by atoms with van der Waals surface area (Å²) in [4.78, 5) is -0.0189. The third-order valence-electron chi connectivity index (χ3n) is 3.96. The van der Waals surface area contributed by atoms with Crippen LogP contribution in [0.3, 0.4) is 0 Å². The van der Waals surface area contributed by atoms with Crippen LogP contribution in [0.15, 0.2) is 47.4 Å². The summed E-state index contributed by atoms with van der Waals surface area (Å²) in [7, 11) is -3.74. The number of ether oxygens (including phenoxy) is 1. The second-order valence-corrected chi connectivity index (χ2v) is 7.49. The van der Waals surface area contributed by atoms with Crippen molar-refractivity contribution in [1.82, 2.24) is 4.72 Å². The van der Waals surface area contributed by atoms with Crippen LogP contribution >= 0.6 is 0 Å². The van der Waals surface area contributed by atoms with Crippen LogP contribution in [0.2, 0.25) is 0 Å². The summed E-state index contributed by atoms with van der Waals surface area (Å²) in [6, 6.07) is 11.5. The maximum Gasteiger partial charge on any atom is 0.240 e. The van der Waals surface area contributed by atoms with Crippen molar-refractivity contribution < 1.29 is 17.5 Å². The Kier molecular flexibility index (Phi) is 4.37. The molecule has 23 heavy (non-hydrogen) atoms. The Morgan fingerprint density at radius 3 is 2.87 bits per heavy atom. The standard InChI is InChI=1S/C17H18FNO3S/c1-12-6-7-15(18)9-17(12)23(20,21)19-10-13-8-14-4-2-3-5-16(14)22-11-13/h2-7,9,13,19H,8,10-11H2,1H3. The minimum Gasteiger partial charge on any atom is -0.493 e. The highest BCUT2D eigenvalue weighted by Crippen LogP contribution is 2.26. The van der Waals surface area contributed by atoms with E-state index in [2.05, 4.69) is 4.72 Å². The van der Waals surface area contributed by atoms with Crippen molar-refractivity contribution in [2.24, 2.45) is 5.92 Å². The number of fused-ring (bicyclic) bond motifs is 1. The average Bonchev–Trinajstić information content (AvgIpc) is 2.55. The molecule has 1 aliphatic heterocycles. The normalized spacial score (nSPS) is 17.4. The molecule has 6 heteroatoms. The summed E-state index contributed by atoms with van der Waals surface area (Å²) < 4.78 is 46.3. The van der Waals surface area contributed by atoms with Crippen molar-refractivity contribution in [3.05, 3.63) is 59.4 Å². The SMILES string of the molecule is Cc1ccc(F)cc1S(=O)(=O)NCC1COc2ccccc2C1. The van der Waals surface area contributed by atoms with E-state index in [4.69, 9.17) is 4.74 Å². The van der Waals surface area contributed by atoms with Crippen molar-refractivity contribution in [2.45, 2.75) is 18.2 Å². The monoisotopic (exact) mass is 335 g/mol. The molecular weight excluding hydrogens is 317 g/mol. The maximum absolute atomic E-state index is 13.3. The van der Waals surface area contributed by atoms with Gasteiger partial charge in [-0.15, -0.1) is 0 Å². The third-order valence-corrected chi connectivity index (χ3v) is 5.52. The van der Waals surface area contributed by atoms with Crippen molar-refractivity contribution >= 4 is 10.0 Å². The van der Waals surface area contributed by atoms with Crippen LogP contribution in [0.5, 0.6) is 5.75 Å². The molecule has 2 aromatic rings. The summed E-state index contributed by atoms with van der Waals surface area (Å²) >= 11 is 0. The highest BCUT2D eigenvalue weighted by Gasteiger charge is 2.23. The highest BCUT2D eigenvalue weighted by molar-refractivity contribution is 7.89. The molecule has 4 nitrogen and oxygen atoms in total. The van der Waals surface area contributed by atoms with E-state index >= 15 is 0 Å². The lowest BCUT2D eigenvalue weighted by atomic mass is 9.97. The molecule has 0 bridgehead atoms. The molecule has 0 radical (unpaired) electrons. The average molecular weight is 335 g/mol. The van der Waals surface area contributed by atoms with Crippen LogP contribution in [0.25, 0.3) is 0 Å².